The van der Waals surface area contributed by atoms with Crippen molar-refractivity contribution in [1.29, 1.82) is 0 Å². The number of hydrogen-bond donors (Lipinski definition) is 0. The summed E-state index contributed by atoms with van der Waals surface area (Å²) < 4.78 is 5.21. The van der Waals surface area contributed by atoms with Gasteiger partial charge in [-0.15, -0.1) is 0 Å². The molecule has 0 saturated carbocycles. The molecule has 0 fully saturated rings. The topological polar surface area (TPSA) is 35.0 Å². The first-order valence-electron chi connectivity index (χ1n) is 5.79. The Balaban J connectivity index is 2.49. The SMILES string of the molecule is COc1cccc(-c2cc(Cl)nc(C(C)C)n2)c1. The monoisotopic (exact) mass is 262 g/mol. The number of nitrogens with zero attached hydrogens (tertiary/aromatic N) is 2. The largest absolute Gasteiger partial charge is 0.497 e. The highest BCUT2D eigenvalue weighted by atomic mass is 35.5. The van der Waals surface area contributed by atoms with Crippen molar-refractivity contribution in [1.82, 2.24) is 9.97 Å². The second kappa shape index (κ2) is 5.36. The lowest BCUT2D eigenvalue weighted by molar-refractivity contribution is 0.415. The van der Waals surface area contributed by atoms with Crippen molar-refractivity contribution in [2.45, 2.75) is 19.8 Å². The van der Waals surface area contributed by atoms with Gasteiger partial charge in [-0.1, -0.05) is 37.6 Å². The molecule has 2 aromatic rings. The maximum atomic E-state index is 6.04. The van der Waals surface area contributed by atoms with E-state index in [0.717, 1.165) is 22.8 Å². The lowest BCUT2D eigenvalue weighted by Gasteiger charge is -2.08. The molecule has 0 unspecified atom stereocenters. The van der Waals surface area contributed by atoms with Crippen molar-refractivity contribution < 1.29 is 4.74 Å². The summed E-state index contributed by atoms with van der Waals surface area (Å²) in [5.41, 5.74) is 1.79. The van der Waals surface area contributed by atoms with Crippen LogP contribution in [0.15, 0.2) is 30.3 Å². The minimum Gasteiger partial charge on any atom is -0.497 e. The lowest BCUT2D eigenvalue weighted by Crippen LogP contribution is -1.99. The average molecular weight is 263 g/mol. The van der Waals surface area contributed by atoms with E-state index in [1.54, 1.807) is 13.2 Å². The smallest absolute Gasteiger partial charge is 0.133 e. The molecular weight excluding hydrogens is 248 g/mol. The lowest BCUT2D eigenvalue weighted by atomic mass is 10.1. The van der Waals surface area contributed by atoms with Gasteiger partial charge in [-0.2, -0.15) is 0 Å². The predicted molar refractivity (Wildman–Crippen MR) is 73.1 cm³/mol. The van der Waals surface area contributed by atoms with Gasteiger partial charge in [0.15, 0.2) is 0 Å². The molecule has 3 nitrogen and oxygen atoms in total. The number of rotatable bonds is 3. The molecule has 2 rings (SSSR count). The Kier molecular flexibility index (Phi) is 3.82. The van der Waals surface area contributed by atoms with Crippen LogP contribution in [0.5, 0.6) is 5.75 Å². The fourth-order valence-corrected chi connectivity index (χ4v) is 1.81. The van der Waals surface area contributed by atoms with Crippen LogP contribution in [0.2, 0.25) is 5.15 Å². The maximum Gasteiger partial charge on any atom is 0.133 e. The summed E-state index contributed by atoms with van der Waals surface area (Å²) in [6.45, 7) is 4.09. The van der Waals surface area contributed by atoms with Gasteiger partial charge >= 0.3 is 0 Å². The number of aromatic nitrogens is 2. The van der Waals surface area contributed by atoms with Crippen LogP contribution in [0.25, 0.3) is 11.3 Å². The zero-order valence-corrected chi connectivity index (χ0v) is 11.4. The van der Waals surface area contributed by atoms with Crippen molar-refractivity contribution >= 4 is 11.6 Å². The number of hydrogen-bond acceptors (Lipinski definition) is 3. The van der Waals surface area contributed by atoms with Crippen LogP contribution in [0.4, 0.5) is 0 Å². The summed E-state index contributed by atoms with van der Waals surface area (Å²) in [7, 11) is 1.64. The number of ether oxygens (including phenoxy) is 1. The minimum absolute atomic E-state index is 0.244. The predicted octanol–water partition coefficient (Wildman–Crippen LogP) is 3.93. The van der Waals surface area contributed by atoms with Gasteiger partial charge in [0.25, 0.3) is 0 Å². The first-order chi connectivity index (χ1) is 8.60. The molecule has 0 atom stereocenters. The summed E-state index contributed by atoms with van der Waals surface area (Å²) >= 11 is 6.04. The maximum absolute atomic E-state index is 6.04. The molecule has 0 spiro atoms. The van der Waals surface area contributed by atoms with E-state index in [1.165, 1.54) is 0 Å². The van der Waals surface area contributed by atoms with E-state index in [0.29, 0.717) is 5.15 Å². The van der Waals surface area contributed by atoms with Gasteiger partial charge in [-0.25, -0.2) is 9.97 Å². The third kappa shape index (κ3) is 2.79. The average Bonchev–Trinajstić information content (AvgIpc) is 2.38. The molecule has 0 N–H and O–H groups in total. The Hall–Kier alpha value is -1.61. The Morgan fingerprint density at radius 2 is 1.94 bits per heavy atom. The van der Waals surface area contributed by atoms with Gasteiger partial charge in [-0.05, 0) is 12.1 Å². The van der Waals surface area contributed by atoms with Gasteiger partial charge < -0.3 is 4.74 Å². The van der Waals surface area contributed by atoms with Gasteiger partial charge in [0.1, 0.15) is 16.7 Å². The highest BCUT2D eigenvalue weighted by Crippen LogP contribution is 2.25. The quantitative estimate of drug-likeness (QED) is 0.786. The summed E-state index contributed by atoms with van der Waals surface area (Å²) in [5, 5.41) is 0.464. The molecule has 0 saturated heterocycles. The van der Waals surface area contributed by atoms with E-state index in [-0.39, 0.29) is 5.92 Å². The first kappa shape index (κ1) is 12.8. The molecule has 0 radical (unpaired) electrons. The fourth-order valence-electron chi connectivity index (χ4n) is 1.62. The molecule has 1 aromatic heterocycles. The van der Waals surface area contributed by atoms with Crippen LogP contribution in [-0.4, -0.2) is 17.1 Å². The molecule has 94 valence electrons. The molecule has 1 heterocycles. The summed E-state index contributed by atoms with van der Waals surface area (Å²) in [4.78, 5) is 8.75. The third-order valence-corrected chi connectivity index (χ3v) is 2.79. The minimum atomic E-state index is 0.244. The van der Waals surface area contributed by atoms with Crippen molar-refractivity contribution in [3.63, 3.8) is 0 Å². The molecule has 0 bridgehead atoms. The summed E-state index contributed by atoms with van der Waals surface area (Å²) in [6.07, 6.45) is 0. The van der Waals surface area contributed by atoms with Crippen LogP contribution in [0.3, 0.4) is 0 Å². The zero-order valence-electron chi connectivity index (χ0n) is 10.6. The Morgan fingerprint density at radius 1 is 1.17 bits per heavy atom. The highest BCUT2D eigenvalue weighted by Gasteiger charge is 2.09. The molecule has 4 heteroatoms. The van der Waals surface area contributed by atoms with E-state index in [4.69, 9.17) is 16.3 Å². The normalized spacial score (nSPS) is 10.7. The van der Waals surface area contributed by atoms with Crippen LogP contribution < -0.4 is 4.74 Å². The van der Waals surface area contributed by atoms with Crippen molar-refractivity contribution in [2.24, 2.45) is 0 Å². The van der Waals surface area contributed by atoms with E-state index < -0.39 is 0 Å². The molecule has 1 aromatic carbocycles. The summed E-state index contributed by atoms with van der Waals surface area (Å²) in [5.74, 6) is 1.79. The van der Waals surface area contributed by atoms with E-state index in [9.17, 15) is 0 Å². The second-order valence-corrected chi connectivity index (χ2v) is 4.71. The molecule has 0 aliphatic carbocycles. The third-order valence-electron chi connectivity index (χ3n) is 2.59. The number of methoxy groups -OCH3 is 1. The van der Waals surface area contributed by atoms with Crippen LogP contribution in [-0.2, 0) is 0 Å². The molecule has 18 heavy (non-hydrogen) atoms. The fraction of sp³-hybridized carbons (Fsp3) is 0.286. The van der Waals surface area contributed by atoms with Crippen molar-refractivity contribution in [3.05, 3.63) is 41.3 Å². The van der Waals surface area contributed by atoms with E-state index in [2.05, 4.69) is 9.97 Å². The molecule has 0 amide bonds. The summed E-state index contributed by atoms with van der Waals surface area (Å²) in [6, 6.07) is 9.51. The molecule has 0 aliphatic rings. The highest BCUT2D eigenvalue weighted by molar-refractivity contribution is 6.29. The number of halogens is 1. The molecular formula is C14H15ClN2O. The standard InChI is InChI=1S/C14H15ClN2O/c1-9(2)14-16-12(8-13(15)17-14)10-5-4-6-11(7-10)18-3/h4-9H,1-3H3. The molecule has 0 aliphatic heterocycles. The zero-order chi connectivity index (χ0) is 13.1. The number of benzene rings is 1. The van der Waals surface area contributed by atoms with Gasteiger partial charge in [0.2, 0.25) is 0 Å². The Morgan fingerprint density at radius 3 is 2.61 bits per heavy atom. The van der Waals surface area contributed by atoms with Crippen molar-refractivity contribution in [3.8, 4) is 17.0 Å². The van der Waals surface area contributed by atoms with Crippen molar-refractivity contribution in [2.75, 3.05) is 7.11 Å². The van der Waals surface area contributed by atoms with E-state index >= 15 is 0 Å². The van der Waals surface area contributed by atoms with E-state index in [1.807, 2.05) is 38.1 Å². The van der Waals surface area contributed by atoms with Gasteiger partial charge in [0, 0.05) is 17.5 Å². The Labute approximate surface area is 112 Å². The van der Waals surface area contributed by atoms with Gasteiger partial charge in [0.05, 0.1) is 12.8 Å². The van der Waals surface area contributed by atoms with Crippen LogP contribution in [0, 0.1) is 0 Å². The second-order valence-electron chi connectivity index (χ2n) is 4.32. The Bertz CT molecular complexity index is 555. The van der Waals surface area contributed by atoms with Gasteiger partial charge in [-0.3, -0.25) is 0 Å². The van der Waals surface area contributed by atoms with Crippen LogP contribution in [0.1, 0.15) is 25.6 Å². The van der Waals surface area contributed by atoms with Crippen LogP contribution >= 0.6 is 11.6 Å². The first-order valence-corrected chi connectivity index (χ1v) is 6.17.